The van der Waals surface area contributed by atoms with Crippen LogP contribution in [0.15, 0.2) is 30.6 Å². The molecule has 0 aliphatic heterocycles. The molecule has 0 fully saturated rings. The lowest BCUT2D eigenvalue weighted by atomic mass is 10.3. The van der Waals surface area contributed by atoms with E-state index in [4.69, 9.17) is 23.2 Å². The summed E-state index contributed by atoms with van der Waals surface area (Å²) in [5.41, 5.74) is 0.798. The molecule has 4 nitrogen and oxygen atoms in total. The predicted molar refractivity (Wildman–Crippen MR) is 85.3 cm³/mol. The van der Waals surface area contributed by atoms with Gasteiger partial charge >= 0.3 is 0 Å². The quantitative estimate of drug-likeness (QED) is 0.890. The van der Waals surface area contributed by atoms with E-state index in [-0.39, 0.29) is 0 Å². The van der Waals surface area contributed by atoms with E-state index < -0.39 is 0 Å². The summed E-state index contributed by atoms with van der Waals surface area (Å²) >= 11 is 12.0. The van der Waals surface area contributed by atoms with Crippen LogP contribution in [-0.2, 0) is 0 Å². The van der Waals surface area contributed by atoms with Crippen LogP contribution in [0.3, 0.4) is 0 Å². The molecule has 106 valence electrons. The first kappa shape index (κ1) is 14.9. The van der Waals surface area contributed by atoms with Gasteiger partial charge in [0.1, 0.15) is 18.0 Å². The van der Waals surface area contributed by atoms with Gasteiger partial charge in [-0.3, -0.25) is 0 Å². The number of hydrogen-bond donors (Lipinski definition) is 1. The number of halogens is 2. The molecule has 0 bridgehead atoms. The van der Waals surface area contributed by atoms with Crippen LogP contribution in [-0.4, -0.2) is 23.1 Å². The lowest BCUT2D eigenvalue weighted by Crippen LogP contribution is -2.23. The van der Waals surface area contributed by atoms with E-state index in [2.05, 4.69) is 34.0 Å². The molecular weight excluding hydrogens is 295 g/mol. The van der Waals surface area contributed by atoms with Gasteiger partial charge in [0.25, 0.3) is 0 Å². The maximum Gasteiger partial charge on any atom is 0.135 e. The van der Waals surface area contributed by atoms with Gasteiger partial charge < -0.3 is 10.2 Å². The summed E-state index contributed by atoms with van der Waals surface area (Å²) in [6.07, 6.45) is 1.54. The second-order valence-electron chi connectivity index (χ2n) is 4.22. The van der Waals surface area contributed by atoms with Gasteiger partial charge in [-0.05, 0) is 32.0 Å². The van der Waals surface area contributed by atoms with E-state index in [1.165, 1.54) is 0 Å². The van der Waals surface area contributed by atoms with Crippen LogP contribution < -0.4 is 10.2 Å². The maximum absolute atomic E-state index is 5.98. The number of nitrogens with one attached hydrogen (secondary N) is 1. The van der Waals surface area contributed by atoms with Crippen LogP contribution in [0.4, 0.5) is 17.3 Å². The first-order chi connectivity index (χ1) is 9.62. The van der Waals surface area contributed by atoms with E-state index in [1.807, 2.05) is 6.07 Å². The molecule has 0 amide bonds. The Morgan fingerprint density at radius 3 is 2.25 bits per heavy atom. The zero-order valence-corrected chi connectivity index (χ0v) is 12.9. The average Bonchev–Trinajstić information content (AvgIpc) is 2.39. The monoisotopic (exact) mass is 310 g/mol. The smallest absolute Gasteiger partial charge is 0.135 e. The second-order valence-corrected chi connectivity index (χ2v) is 5.09. The minimum absolute atomic E-state index is 0.582. The number of anilines is 3. The normalized spacial score (nSPS) is 10.4. The van der Waals surface area contributed by atoms with Crippen LogP contribution in [0.2, 0.25) is 10.0 Å². The van der Waals surface area contributed by atoms with Crippen molar-refractivity contribution in [2.24, 2.45) is 0 Å². The highest BCUT2D eigenvalue weighted by Gasteiger charge is 2.06. The molecule has 0 atom stereocenters. The fraction of sp³-hybridized carbons (Fsp3) is 0.286. The topological polar surface area (TPSA) is 41.0 Å². The molecule has 1 aromatic carbocycles. The highest BCUT2D eigenvalue weighted by atomic mass is 35.5. The maximum atomic E-state index is 5.98. The average molecular weight is 311 g/mol. The van der Waals surface area contributed by atoms with Gasteiger partial charge in [-0.25, -0.2) is 9.97 Å². The molecule has 0 saturated heterocycles. The highest BCUT2D eigenvalue weighted by molar-refractivity contribution is 6.35. The number of aromatic nitrogens is 2. The summed E-state index contributed by atoms with van der Waals surface area (Å²) in [4.78, 5) is 10.6. The van der Waals surface area contributed by atoms with Crippen molar-refractivity contribution < 1.29 is 0 Å². The Balaban J connectivity index is 2.23. The Morgan fingerprint density at radius 1 is 1.00 bits per heavy atom. The molecule has 2 rings (SSSR count). The van der Waals surface area contributed by atoms with E-state index >= 15 is 0 Å². The van der Waals surface area contributed by atoms with Gasteiger partial charge in [0, 0.05) is 34.9 Å². The summed E-state index contributed by atoms with van der Waals surface area (Å²) in [5.74, 6) is 1.60. The van der Waals surface area contributed by atoms with Crippen LogP contribution in [0, 0.1) is 0 Å². The van der Waals surface area contributed by atoms with Gasteiger partial charge in [-0.1, -0.05) is 23.2 Å². The molecule has 1 heterocycles. The van der Waals surface area contributed by atoms with Crippen molar-refractivity contribution in [3.63, 3.8) is 0 Å². The largest absolute Gasteiger partial charge is 0.357 e. The molecule has 0 unspecified atom stereocenters. The van der Waals surface area contributed by atoms with Crippen molar-refractivity contribution in [3.05, 3.63) is 40.6 Å². The zero-order valence-electron chi connectivity index (χ0n) is 11.4. The third kappa shape index (κ3) is 3.74. The Hall–Kier alpha value is -1.52. The summed E-state index contributed by atoms with van der Waals surface area (Å²) < 4.78 is 0. The van der Waals surface area contributed by atoms with Gasteiger partial charge in [-0.2, -0.15) is 0 Å². The lowest BCUT2D eigenvalue weighted by Gasteiger charge is -2.19. The summed E-state index contributed by atoms with van der Waals surface area (Å²) in [6.45, 7) is 5.98. The first-order valence-electron chi connectivity index (χ1n) is 6.42. The van der Waals surface area contributed by atoms with Gasteiger partial charge in [-0.15, -0.1) is 0 Å². The first-order valence-corrected chi connectivity index (χ1v) is 7.18. The molecule has 0 aliphatic carbocycles. The molecule has 0 spiro atoms. The number of hydrogen-bond acceptors (Lipinski definition) is 4. The molecule has 20 heavy (non-hydrogen) atoms. The predicted octanol–water partition coefficient (Wildman–Crippen LogP) is 4.37. The fourth-order valence-electron chi connectivity index (χ4n) is 1.91. The fourth-order valence-corrected chi connectivity index (χ4v) is 2.44. The van der Waals surface area contributed by atoms with E-state index in [9.17, 15) is 0 Å². The Bertz CT molecular complexity index is 565. The summed E-state index contributed by atoms with van der Waals surface area (Å²) in [5, 5.41) is 4.35. The molecule has 0 saturated carbocycles. The summed E-state index contributed by atoms with van der Waals surface area (Å²) in [6, 6.07) is 7.19. The van der Waals surface area contributed by atoms with Crippen molar-refractivity contribution in [1.29, 1.82) is 0 Å². The minimum atomic E-state index is 0.582. The highest BCUT2D eigenvalue weighted by Crippen LogP contribution is 2.25. The SMILES string of the molecule is CCN(CC)c1cc(Nc2cc(Cl)cc(Cl)c2)ncn1. The molecular formula is C14H16Cl2N4. The van der Waals surface area contributed by atoms with Gasteiger partial charge in [0.15, 0.2) is 0 Å². The Kier molecular flexibility index (Phi) is 5.04. The van der Waals surface area contributed by atoms with Crippen molar-refractivity contribution in [2.75, 3.05) is 23.3 Å². The standard InChI is InChI=1S/C14H16Cl2N4/c1-3-20(4-2)14-8-13(17-9-18-14)19-12-6-10(15)5-11(16)7-12/h5-9H,3-4H2,1-2H3,(H,17,18,19). The molecule has 0 aliphatic rings. The van der Waals surface area contributed by atoms with Crippen molar-refractivity contribution in [2.45, 2.75) is 13.8 Å². The Morgan fingerprint density at radius 2 is 1.65 bits per heavy atom. The van der Waals surface area contributed by atoms with Gasteiger partial charge in [0.05, 0.1) is 0 Å². The van der Waals surface area contributed by atoms with Crippen LogP contribution >= 0.6 is 23.2 Å². The lowest BCUT2D eigenvalue weighted by molar-refractivity contribution is 0.842. The van der Waals surface area contributed by atoms with Crippen molar-refractivity contribution in [3.8, 4) is 0 Å². The third-order valence-corrected chi connectivity index (χ3v) is 3.31. The third-order valence-electron chi connectivity index (χ3n) is 2.88. The number of benzene rings is 1. The molecule has 1 aromatic heterocycles. The molecule has 1 N–H and O–H groups in total. The summed E-state index contributed by atoms with van der Waals surface area (Å²) in [7, 11) is 0. The molecule has 0 radical (unpaired) electrons. The van der Waals surface area contributed by atoms with E-state index in [1.54, 1.807) is 24.5 Å². The van der Waals surface area contributed by atoms with E-state index in [0.29, 0.717) is 15.9 Å². The van der Waals surface area contributed by atoms with E-state index in [0.717, 1.165) is 24.6 Å². The Labute approximate surface area is 128 Å². The minimum Gasteiger partial charge on any atom is -0.357 e. The van der Waals surface area contributed by atoms with Crippen LogP contribution in [0.5, 0.6) is 0 Å². The molecule has 2 aromatic rings. The number of rotatable bonds is 5. The van der Waals surface area contributed by atoms with Gasteiger partial charge in [0.2, 0.25) is 0 Å². The zero-order chi connectivity index (χ0) is 14.5. The van der Waals surface area contributed by atoms with Crippen LogP contribution in [0.1, 0.15) is 13.8 Å². The van der Waals surface area contributed by atoms with Crippen molar-refractivity contribution in [1.82, 2.24) is 9.97 Å². The van der Waals surface area contributed by atoms with Crippen LogP contribution in [0.25, 0.3) is 0 Å². The number of nitrogens with zero attached hydrogens (tertiary/aromatic N) is 3. The van der Waals surface area contributed by atoms with Crippen molar-refractivity contribution >= 4 is 40.5 Å². The molecule has 6 heteroatoms. The second kappa shape index (κ2) is 6.77.